The molecule has 4 heteroatoms. The number of carbonyl (C=O) groups excluding carboxylic acids is 1. The van der Waals surface area contributed by atoms with Crippen molar-refractivity contribution < 1.29 is 9.32 Å². The van der Waals surface area contributed by atoms with Crippen LogP contribution in [0.15, 0.2) is 29.1 Å². The minimum Gasteiger partial charge on any atom is -0.364 e. The summed E-state index contributed by atoms with van der Waals surface area (Å²) < 4.78 is 4.76. The van der Waals surface area contributed by atoms with E-state index < -0.39 is 0 Å². The van der Waals surface area contributed by atoms with Gasteiger partial charge in [-0.15, -0.1) is 0 Å². The fourth-order valence-electron chi connectivity index (χ4n) is 3.07. The van der Waals surface area contributed by atoms with Gasteiger partial charge in [-0.1, -0.05) is 17.3 Å². The molecule has 0 aliphatic heterocycles. The third-order valence-corrected chi connectivity index (χ3v) is 4.04. The smallest absolute Gasteiger partial charge is 0.223 e. The lowest BCUT2D eigenvalue weighted by atomic mass is 9.93. The average molecular weight is 246 g/mol. The maximum absolute atomic E-state index is 12.0. The van der Waals surface area contributed by atoms with Gasteiger partial charge in [0.25, 0.3) is 0 Å². The minimum absolute atomic E-state index is 0.218. The van der Waals surface area contributed by atoms with Crippen LogP contribution in [0, 0.1) is 17.8 Å². The second kappa shape index (κ2) is 4.96. The lowest BCUT2D eigenvalue weighted by Crippen LogP contribution is -2.33. The van der Waals surface area contributed by atoms with Crippen molar-refractivity contribution in [3.05, 3.63) is 30.2 Å². The van der Waals surface area contributed by atoms with Crippen molar-refractivity contribution >= 4 is 5.91 Å². The summed E-state index contributed by atoms with van der Waals surface area (Å²) in [6.07, 6.45) is 11.9. The van der Waals surface area contributed by atoms with E-state index in [1.165, 1.54) is 6.42 Å². The Kier molecular flexibility index (Phi) is 3.17. The average Bonchev–Trinajstić information content (AvgIpc) is 3.10. The molecule has 0 spiro atoms. The van der Waals surface area contributed by atoms with Gasteiger partial charge in [0.05, 0.1) is 6.20 Å². The standard InChI is InChI=1S/C14H18N2O2/c17-14(13-7-10-3-4-12(13)6-10)15-5-1-2-11-8-16-18-9-11/h3-4,8-10,12-13H,1-2,5-7H2,(H,15,17). The van der Waals surface area contributed by atoms with Gasteiger partial charge in [0.2, 0.25) is 5.91 Å². The van der Waals surface area contributed by atoms with Gasteiger partial charge in [0, 0.05) is 18.0 Å². The molecule has 1 aromatic heterocycles. The summed E-state index contributed by atoms with van der Waals surface area (Å²) in [6, 6.07) is 0. The lowest BCUT2D eigenvalue weighted by molar-refractivity contribution is -0.125. The maximum Gasteiger partial charge on any atom is 0.223 e. The van der Waals surface area contributed by atoms with Crippen LogP contribution < -0.4 is 5.32 Å². The molecule has 1 amide bonds. The molecule has 1 fully saturated rings. The van der Waals surface area contributed by atoms with Crippen molar-refractivity contribution in [2.75, 3.05) is 6.54 Å². The molecule has 96 valence electrons. The number of nitrogens with zero attached hydrogens (tertiary/aromatic N) is 1. The normalized spacial score (nSPS) is 28.8. The number of hydrogen-bond donors (Lipinski definition) is 1. The molecule has 1 aromatic rings. The lowest BCUT2D eigenvalue weighted by Gasteiger charge is -2.17. The maximum atomic E-state index is 12.0. The summed E-state index contributed by atoms with van der Waals surface area (Å²) in [5, 5.41) is 6.70. The Morgan fingerprint density at radius 1 is 1.44 bits per heavy atom. The minimum atomic E-state index is 0.218. The molecule has 3 unspecified atom stereocenters. The fourth-order valence-corrected chi connectivity index (χ4v) is 3.07. The zero-order chi connectivity index (χ0) is 12.4. The molecule has 3 rings (SSSR count). The van der Waals surface area contributed by atoms with Gasteiger partial charge in [-0.25, -0.2) is 0 Å². The third-order valence-electron chi connectivity index (χ3n) is 4.04. The van der Waals surface area contributed by atoms with Crippen molar-refractivity contribution in [3.63, 3.8) is 0 Å². The first kappa shape index (κ1) is 11.5. The number of fused-ring (bicyclic) bond motifs is 2. The Hall–Kier alpha value is -1.58. The summed E-state index contributed by atoms with van der Waals surface area (Å²) in [6.45, 7) is 0.738. The van der Waals surface area contributed by atoms with E-state index in [0.717, 1.165) is 31.4 Å². The number of amides is 1. The second-order valence-corrected chi connectivity index (χ2v) is 5.31. The van der Waals surface area contributed by atoms with Crippen molar-refractivity contribution in [2.45, 2.75) is 25.7 Å². The highest BCUT2D eigenvalue weighted by atomic mass is 16.5. The van der Waals surface area contributed by atoms with Crippen molar-refractivity contribution in [1.29, 1.82) is 0 Å². The number of nitrogens with one attached hydrogen (secondary N) is 1. The van der Waals surface area contributed by atoms with Gasteiger partial charge in [0.1, 0.15) is 6.26 Å². The van der Waals surface area contributed by atoms with E-state index in [1.54, 1.807) is 12.5 Å². The van der Waals surface area contributed by atoms with Gasteiger partial charge in [0.15, 0.2) is 0 Å². The second-order valence-electron chi connectivity index (χ2n) is 5.31. The van der Waals surface area contributed by atoms with Crippen molar-refractivity contribution in [2.24, 2.45) is 17.8 Å². The summed E-state index contributed by atoms with van der Waals surface area (Å²) >= 11 is 0. The van der Waals surface area contributed by atoms with Gasteiger partial charge in [-0.3, -0.25) is 4.79 Å². The first-order chi connectivity index (χ1) is 8.83. The predicted octanol–water partition coefficient (Wildman–Crippen LogP) is 1.94. The number of carbonyl (C=O) groups is 1. The molecule has 1 heterocycles. The van der Waals surface area contributed by atoms with Crippen LogP contribution in [-0.2, 0) is 11.2 Å². The Labute approximate surface area is 106 Å². The van der Waals surface area contributed by atoms with Gasteiger partial charge in [-0.05, 0) is 37.5 Å². The van der Waals surface area contributed by atoms with Crippen LogP contribution in [0.5, 0.6) is 0 Å². The largest absolute Gasteiger partial charge is 0.364 e. The van der Waals surface area contributed by atoms with Crippen LogP contribution in [0.4, 0.5) is 0 Å². The van der Waals surface area contributed by atoms with E-state index in [4.69, 9.17) is 4.52 Å². The molecule has 2 bridgehead atoms. The Balaban J connectivity index is 1.38. The van der Waals surface area contributed by atoms with E-state index in [2.05, 4.69) is 22.6 Å². The summed E-state index contributed by atoms with van der Waals surface area (Å²) in [7, 11) is 0. The first-order valence-electron chi connectivity index (χ1n) is 6.67. The molecule has 0 radical (unpaired) electrons. The van der Waals surface area contributed by atoms with E-state index in [9.17, 15) is 4.79 Å². The molecule has 2 aliphatic rings. The molecule has 1 saturated carbocycles. The summed E-state index contributed by atoms with van der Waals surface area (Å²) in [4.78, 5) is 12.0. The first-order valence-corrected chi connectivity index (χ1v) is 6.67. The molecule has 18 heavy (non-hydrogen) atoms. The predicted molar refractivity (Wildman–Crippen MR) is 66.7 cm³/mol. The monoisotopic (exact) mass is 246 g/mol. The number of allylic oxidation sites excluding steroid dienone is 2. The van der Waals surface area contributed by atoms with Crippen LogP contribution >= 0.6 is 0 Å². The number of hydrogen-bond acceptors (Lipinski definition) is 3. The van der Waals surface area contributed by atoms with Crippen molar-refractivity contribution in [1.82, 2.24) is 10.5 Å². The molecule has 4 nitrogen and oxygen atoms in total. The van der Waals surface area contributed by atoms with E-state index in [-0.39, 0.29) is 11.8 Å². The molecule has 2 aliphatic carbocycles. The summed E-state index contributed by atoms with van der Waals surface area (Å²) in [5.41, 5.74) is 1.09. The SMILES string of the molecule is O=C(NCCCc1cnoc1)C1CC2C=CC1C2. The molecule has 1 N–H and O–H groups in total. The van der Waals surface area contributed by atoms with Crippen LogP contribution in [0.2, 0.25) is 0 Å². The molecular weight excluding hydrogens is 228 g/mol. The highest BCUT2D eigenvalue weighted by Crippen LogP contribution is 2.43. The third kappa shape index (κ3) is 2.33. The Bertz CT molecular complexity index is 439. The highest BCUT2D eigenvalue weighted by molar-refractivity contribution is 5.79. The number of aromatic nitrogens is 1. The van der Waals surface area contributed by atoms with Crippen LogP contribution in [0.25, 0.3) is 0 Å². The number of aryl methyl sites for hydroxylation is 1. The zero-order valence-corrected chi connectivity index (χ0v) is 10.3. The molecule has 0 saturated heterocycles. The van der Waals surface area contributed by atoms with Gasteiger partial charge in [-0.2, -0.15) is 0 Å². The quantitative estimate of drug-likeness (QED) is 0.638. The summed E-state index contributed by atoms with van der Waals surface area (Å²) in [5.74, 6) is 1.60. The highest BCUT2D eigenvalue weighted by Gasteiger charge is 2.39. The number of rotatable bonds is 5. The van der Waals surface area contributed by atoms with Gasteiger partial charge >= 0.3 is 0 Å². The molecule has 0 aromatic carbocycles. The van der Waals surface area contributed by atoms with E-state index in [1.807, 2.05) is 0 Å². The van der Waals surface area contributed by atoms with Crippen LogP contribution in [0.1, 0.15) is 24.8 Å². The van der Waals surface area contributed by atoms with Gasteiger partial charge < -0.3 is 9.84 Å². The molecule has 3 atom stereocenters. The van der Waals surface area contributed by atoms with Crippen LogP contribution in [-0.4, -0.2) is 17.6 Å². The van der Waals surface area contributed by atoms with Crippen molar-refractivity contribution in [3.8, 4) is 0 Å². The Morgan fingerprint density at radius 3 is 3.06 bits per heavy atom. The van der Waals surface area contributed by atoms with E-state index in [0.29, 0.717) is 11.8 Å². The topological polar surface area (TPSA) is 55.1 Å². The van der Waals surface area contributed by atoms with E-state index >= 15 is 0 Å². The zero-order valence-electron chi connectivity index (χ0n) is 10.3. The fraction of sp³-hybridized carbons (Fsp3) is 0.571. The Morgan fingerprint density at radius 2 is 2.39 bits per heavy atom. The molecular formula is C14H18N2O2. The van der Waals surface area contributed by atoms with Crippen LogP contribution in [0.3, 0.4) is 0 Å².